The lowest BCUT2D eigenvalue weighted by Crippen LogP contribution is -2.17. The largest absolute Gasteiger partial charge is 0.484 e. The van der Waals surface area contributed by atoms with E-state index in [0.29, 0.717) is 28.1 Å². The van der Waals surface area contributed by atoms with Gasteiger partial charge in [0.05, 0.1) is 10.7 Å². The van der Waals surface area contributed by atoms with Crippen molar-refractivity contribution in [1.82, 2.24) is 9.78 Å². The Labute approximate surface area is 170 Å². The summed E-state index contributed by atoms with van der Waals surface area (Å²) in [5.74, 6) is -0.396. The van der Waals surface area contributed by atoms with Crippen molar-refractivity contribution in [1.29, 1.82) is 0 Å². The zero-order chi connectivity index (χ0) is 20.3. The number of furan rings is 1. The molecule has 3 rings (SSSR count). The monoisotopic (exact) mass is 422 g/mol. The quantitative estimate of drug-likeness (QED) is 0.601. The van der Waals surface area contributed by atoms with Gasteiger partial charge in [-0.3, -0.25) is 14.3 Å². The summed E-state index contributed by atoms with van der Waals surface area (Å²) in [7, 11) is 0. The Hall–Kier alpha value is -2.97. The number of rotatable bonds is 7. The number of benzene rings is 1. The molecule has 146 valence electrons. The van der Waals surface area contributed by atoms with Gasteiger partial charge >= 0.3 is 0 Å². The standard InChI is InChI=1S/C18H16Cl2N4O4/c1-2-24-8-13(16(23-24)17(21)25)22-18(26)15-6-4-11(28-15)9-27-14-5-3-10(19)7-12(14)20/h3-8H,2,9H2,1H3,(H2,21,25)(H,22,26). The number of anilines is 1. The normalized spacial score (nSPS) is 10.7. The summed E-state index contributed by atoms with van der Waals surface area (Å²) in [5.41, 5.74) is 5.48. The Morgan fingerprint density at radius 2 is 2.07 bits per heavy atom. The van der Waals surface area contributed by atoms with Crippen LogP contribution in [0.5, 0.6) is 5.75 Å². The first-order chi connectivity index (χ1) is 13.4. The van der Waals surface area contributed by atoms with Gasteiger partial charge in [0.25, 0.3) is 11.8 Å². The first-order valence-corrected chi connectivity index (χ1v) is 8.98. The lowest BCUT2D eigenvalue weighted by atomic mass is 10.3. The van der Waals surface area contributed by atoms with E-state index in [1.165, 1.54) is 16.9 Å². The molecule has 0 atom stereocenters. The molecule has 3 N–H and O–H groups in total. The first-order valence-electron chi connectivity index (χ1n) is 8.22. The van der Waals surface area contributed by atoms with E-state index in [2.05, 4.69) is 10.4 Å². The lowest BCUT2D eigenvalue weighted by molar-refractivity contribution is 0.0992. The highest BCUT2D eigenvalue weighted by Crippen LogP contribution is 2.28. The van der Waals surface area contributed by atoms with Crippen molar-refractivity contribution < 1.29 is 18.7 Å². The fraction of sp³-hybridized carbons (Fsp3) is 0.167. The number of aromatic nitrogens is 2. The van der Waals surface area contributed by atoms with Gasteiger partial charge in [0, 0.05) is 17.8 Å². The summed E-state index contributed by atoms with van der Waals surface area (Å²) in [6, 6.07) is 7.94. The van der Waals surface area contributed by atoms with Crippen molar-refractivity contribution in [2.75, 3.05) is 5.32 Å². The second-order valence-corrected chi connectivity index (χ2v) is 6.54. The third-order valence-electron chi connectivity index (χ3n) is 3.72. The number of amides is 2. The molecule has 0 spiro atoms. The Morgan fingerprint density at radius 3 is 2.75 bits per heavy atom. The van der Waals surface area contributed by atoms with Crippen molar-refractivity contribution in [3.8, 4) is 5.75 Å². The number of nitrogens with zero attached hydrogens (tertiary/aromatic N) is 2. The van der Waals surface area contributed by atoms with Gasteiger partial charge in [-0.25, -0.2) is 0 Å². The number of ether oxygens (including phenoxy) is 1. The predicted molar refractivity (Wildman–Crippen MR) is 104 cm³/mol. The minimum atomic E-state index is -0.740. The number of aryl methyl sites for hydroxylation is 1. The number of carbonyl (C=O) groups excluding carboxylic acids is 2. The number of nitrogens with two attached hydrogens (primary N) is 1. The Bertz CT molecular complexity index is 1030. The predicted octanol–water partition coefficient (Wildman–Crippen LogP) is 3.73. The van der Waals surface area contributed by atoms with E-state index >= 15 is 0 Å². The minimum absolute atomic E-state index is 0.0253. The number of primary amides is 1. The van der Waals surface area contributed by atoms with Crippen molar-refractivity contribution >= 4 is 40.7 Å². The smallest absolute Gasteiger partial charge is 0.291 e. The van der Waals surface area contributed by atoms with Crippen LogP contribution in [-0.4, -0.2) is 21.6 Å². The van der Waals surface area contributed by atoms with Crippen molar-refractivity contribution in [3.05, 3.63) is 63.8 Å². The van der Waals surface area contributed by atoms with Gasteiger partial charge in [-0.05, 0) is 37.3 Å². The number of hydrogen-bond acceptors (Lipinski definition) is 5. The Kier molecular flexibility index (Phi) is 5.91. The number of carbonyl (C=O) groups is 2. The maximum absolute atomic E-state index is 12.4. The molecule has 0 aliphatic carbocycles. The van der Waals surface area contributed by atoms with Crippen LogP contribution >= 0.6 is 23.2 Å². The maximum Gasteiger partial charge on any atom is 0.291 e. The molecular formula is C18H16Cl2N4O4. The average molecular weight is 423 g/mol. The van der Waals surface area contributed by atoms with Crippen molar-refractivity contribution in [3.63, 3.8) is 0 Å². The lowest BCUT2D eigenvalue weighted by Gasteiger charge is -2.06. The zero-order valence-electron chi connectivity index (χ0n) is 14.7. The fourth-order valence-electron chi connectivity index (χ4n) is 2.36. The molecule has 0 bridgehead atoms. The molecule has 8 nitrogen and oxygen atoms in total. The van der Waals surface area contributed by atoms with E-state index < -0.39 is 11.8 Å². The van der Waals surface area contributed by atoms with Gasteiger partial charge in [0.2, 0.25) is 0 Å². The summed E-state index contributed by atoms with van der Waals surface area (Å²) in [5, 5.41) is 7.45. The van der Waals surface area contributed by atoms with Crippen LogP contribution < -0.4 is 15.8 Å². The molecule has 0 aliphatic heterocycles. The molecule has 0 saturated carbocycles. The van der Waals surface area contributed by atoms with Gasteiger partial charge in [0.1, 0.15) is 18.1 Å². The molecular weight excluding hydrogens is 407 g/mol. The molecule has 2 heterocycles. The first kappa shape index (κ1) is 19.8. The van der Waals surface area contributed by atoms with Crippen molar-refractivity contribution in [2.45, 2.75) is 20.1 Å². The van der Waals surface area contributed by atoms with E-state index in [1.807, 2.05) is 6.92 Å². The van der Waals surface area contributed by atoms with Gasteiger partial charge in [-0.2, -0.15) is 5.10 Å². The number of hydrogen-bond donors (Lipinski definition) is 2. The van der Waals surface area contributed by atoms with Crippen LogP contribution in [0, 0.1) is 0 Å². The summed E-state index contributed by atoms with van der Waals surface area (Å²) in [6.45, 7) is 2.43. The van der Waals surface area contributed by atoms with Gasteiger partial charge < -0.3 is 20.2 Å². The summed E-state index contributed by atoms with van der Waals surface area (Å²) >= 11 is 11.9. The highest BCUT2D eigenvalue weighted by atomic mass is 35.5. The van der Waals surface area contributed by atoms with Crippen LogP contribution in [0.15, 0.2) is 40.9 Å². The van der Waals surface area contributed by atoms with Crippen LogP contribution in [0.4, 0.5) is 5.69 Å². The second-order valence-electron chi connectivity index (χ2n) is 5.69. The second kappa shape index (κ2) is 8.37. The molecule has 0 aliphatic rings. The summed E-state index contributed by atoms with van der Waals surface area (Å²) in [4.78, 5) is 23.9. The third kappa shape index (κ3) is 4.47. The number of halogens is 2. The van der Waals surface area contributed by atoms with E-state index in [4.69, 9.17) is 38.1 Å². The highest BCUT2D eigenvalue weighted by Gasteiger charge is 2.19. The van der Waals surface area contributed by atoms with E-state index in [9.17, 15) is 9.59 Å². The van der Waals surface area contributed by atoms with Crippen LogP contribution in [0.25, 0.3) is 0 Å². The van der Waals surface area contributed by atoms with Crippen LogP contribution in [0.1, 0.15) is 33.7 Å². The van der Waals surface area contributed by atoms with Gasteiger partial charge in [-0.1, -0.05) is 23.2 Å². The molecule has 3 aromatic rings. The summed E-state index contributed by atoms with van der Waals surface area (Å²) < 4.78 is 12.5. The molecule has 0 radical (unpaired) electrons. The highest BCUT2D eigenvalue weighted by molar-refractivity contribution is 6.35. The number of nitrogens with one attached hydrogen (secondary N) is 1. The Morgan fingerprint density at radius 1 is 1.29 bits per heavy atom. The van der Waals surface area contributed by atoms with E-state index in [0.717, 1.165) is 0 Å². The fourth-order valence-corrected chi connectivity index (χ4v) is 2.82. The SMILES string of the molecule is CCn1cc(NC(=O)c2ccc(COc3ccc(Cl)cc3Cl)o2)c(C(N)=O)n1. The van der Waals surface area contributed by atoms with Gasteiger partial charge in [0.15, 0.2) is 11.5 Å². The van der Waals surface area contributed by atoms with Crippen LogP contribution in [-0.2, 0) is 13.2 Å². The molecule has 0 unspecified atom stereocenters. The molecule has 2 amide bonds. The summed E-state index contributed by atoms with van der Waals surface area (Å²) in [6.07, 6.45) is 1.52. The topological polar surface area (TPSA) is 112 Å². The van der Waals surface area contributed by atoms with Crippen LogP contribution in [0.3, 0.4) is 0 Å². The molecule has 28 heavy (non-hydrogen) atoms. The zero-order valence-corrected chi connectivity index (χ0v) is 16.3. The van der Waals surface area contributed by atoms with E-state index in [1.54, 1.807) is 24.3 Å². The molecule has 10 heteroatoms. The molecule has 0 fully saturated rings. The average Bonchev–Trinajstić information content (AvgIpc) is 3.28. The van der Waals surface area contributed by atoms with Gasteiger partial charge in [-0.15, -0.1) is 0 Å². The third-order valence-corrected chi connectivity index (χ3v) is 4.25. The molecule has 1 aromatic carbocycles. The Balaban J connectivity index is 1.67. The maximum atomic E-state index is 12.4. The molecule has 2 aromatic heterocycles. The van der Waals surface area contributed by atoms with E-state index in [-0.39, 0.29) is 23.7 Å². The van der Waals surface area contributed by atoms with Crippen molar-refractivity contribution in [2.24, 2.45) is 5.73 Å². The molecule has 0 saturated heterocycles. The van der Waals surface area contributed by atoms with Crippen LogP contribution in [0.2, 0.25) is 10.0 Å². The minimum Gasteiger partial charge on any atom is -0.484 e.